The van der Waals surface area contributed by atoms with Crippen molar-refractivity contribution in [1.29, 1.82) is 0 Å². The van der Waals surface area contributed by atoms with E-state index in [0.29, 0.717) is 5.69 Å². The standard InChI is InChI=1S/C21H19BrF3N3O3/c1-12-7-15(22)5-6-17(12)27-18(29)10-26-20(31)13-8-19(30)28(11-13)16-4-2-3-14(9-16)21(23,24)25/h2-7,9,13H,8,10-11H2,1H3,(H,26,31)(H,27,29). The summed E-state index contributed by atoms with van der Waals surface area (Å²) in [6.07, 6.45) is -4.67. The summed E-state index contributed by atoms with van der Waals surface area (Å²) in [5, 5.41) is 5.17. The zero-order chi connectivity index (χ0) is 22.8. The molecule has 1 saturated heterocycles. The van der Waals surface area contributed by atoms with Crippen LogP contribution in [0.3, 0.4) is 0 Å². The van der Waals surface area contributed by atoms with Gasteiger partial charge in [-0.25, -0.2) is 0 Å². The van der Waals surface area contributed by atoms with Crippen molar-refractivity contribution in [3.63, 3.8) is 0 Å². The summed E-state index contributed by atoms with van der Waals surface area (Å²) in [4.78, 5) is 38.0. The number of rotatable bonds is 5. The molecule has 1 unspecified atom stereocenters. The molecule has 0 saturated carbocycles. The number of benzene rings is 2. The van der Waals surface area contributed by atoms with Crippen LogP contribution in [0.25, 0.3) is 0 Å². The second-order valence-electron chi connectivity index (χ2n) is 7.18. The van der Waals surface area contributed by atoms with E-state index < -0.39 is 35.4 Å². The molecule has 0 aromatic heterocycles. The molecule has 0 radical (unpaired) electrons. The van der Waals surface area contributed by atoms with Gasteiger partial charge in [0.25, 0.3) is 0 Å². The molecule has 6 nitrogen and oxygen atoms in total. The third-order valence-corrected chi connectivity index (χ3v) is 5.36. The summed E-state index contributed by atoms with van der Waals surface area (Å²) in [7, 11) is 0. The lowest BCUT2D eigenvalue weighted by Gasteiger charge is -2.18. The quantitative estimate of drug-likeness (QED) is 0.657. The molecular weight excluding hydrogens is 479 g/mol. The van der Waals surface area contributed by atoms with E-state index in [9.17, 15) is 27.6 Å². The zero-order valence-corrected chi connectivity index (χ0v) is 18.0. The van der Waals surface area contributed by atoms with E-state index in [1.807, 2.05) is 13.0 Å². The summed E-state index contributed by atoms with van der Waals surface area (Å²) >= 11 is 3.33. The maximum Gasteiger partial charge on any atom is 0.416 e. The summed E-state index contributed by atoms with van der Waals surface area (Å²) in [6.45, 7) is 1.48. The monoisotopic (exact) mass is 497 g/mol. The summed E-state index contributed by atoms with van der Waals surface area (Å²) in [5.41, 5.74) is 0.658. The van der Waals surface area contributed by atoms with Crippen LogP contribution in [0.15, 0.2) is 46.9 Å². The fourth-order valence-electron chi connectivity index (χ4n) is 3.26. The van der Waals surface area contributed by atoms with Gasteiger partial charge in [0.05, 0.1) is 18.0 Å². The van der Waals surface area contributed by atoms with Crippen LogP contribution < -0.4 is 15.5 Å². The Balaban J connectivity index is 1.57. The number of nitrogens with zero attached hydrogens (tertiary/aromatic N) is 1. The lowest BCUT2D eigenvalue weighted by atomic mass is 10.1. The van der Waals surface area contributed by atoms with Crippen molar-refractivity contribution in [3.8, 4) is 0 Å². The number of halogens is 4. The highest BCUT2D eigenvalue weighted by atomic mass is 79.9. The molecule has 164 valence electrons. The number of nitrogens with one attached hydrogen (secondary N) is 2. The SMILES string of the molecule is Cc1cc(Br)ccc1NC(=O)CNC(=O)C1CC(=O)N(c2cccc(C(F)(F)F)c2)C1. The van der Waals surface area contributed by atoms with E-state index in [-0.39, 0.29) is 25.2 Å². The van der Waals surface area contributed by atoms with E-state index in [4.69, 9.17) is 0 Å². The van der Waals surface area contributed by atoms with Gasteiger partial charge in [0.15, 0.2) is 0 Å². The van der Waals surface area contributed by atoms with Crippen LogP contribution in [-0.4, -0.2) is 30.8 Å². The third-order valence-electron chi connectivity index (χ3n) is 4.87. The fourth-order valence-corrected chi connectivity index (χ4v) is 3.73. The Hall–Kier alpha value is -2.88. The van der Waals surface area contributed by atoms with Gasteiger partial charge in [-0.3, -0.25) is 14.4 Å². The van der Waals surface area contributed by atoms with E-state index in [1.54, 1.807) is 12.1 Å². The number of hydrogen-bond acceptors (Lipinski definition) is 3. The van der Waals surface area contributed by atoms with Crippen molar-refractivity contribution in [2.45, 2.75) is 19.5 Å². The molecule has 0 spiro atoms. The number of hydrogen-bond donors (Lipinski definition) is 2. The van der Waals surface area contributed by atoms with E-state index in [2.05, 4.69) is 26.6 Å². The summed E-state index contributed by atoms with van der Waals surface area (Å²) < 4.78 is 39.6. The van der Waals surface area contributed by atoms with Crippen molar-refractivity contribution < 1.29 is 27.6 Å². The minimum Gasteiger partial charge on any atom is -0.347 e. The van der Waals surface area contributed by atoms with E-state index in [0.717, 1.165) is 27.1 Å². The van der Waals surface area contributed by atoms with Crippen LogP contribution in [0, 0.1) is 12.8 Å². The normalized spacial score (nSPS) is 16.4. The van der Waals surface area contributed by atoms with E-state index in [1.165, 1.54) is 12.1 Å². The van der Waals surface area contributed by atoms with Gasteiger partial charge in [0.1, 0.15) is 0 Å². The summed E-state index contributed by atoms with van der Waals surface area (Å²) in [6, 6.07) is 9.73. The molecule has 1 fully saturated rings. The molecule has 1 aliphatic rings. The number of amides is 3. The molecule has 3 rings (SSSR count). The Morgan fingerprint density at radius 1 is 1.19 bits per heavy atom. The Kier molecular flexibility index (Phi) is 6.68. The van der Waals surface area contributed by atoms with Crippen LogP contribution in [0.2, 0.25) is 0 Å². The third kappa shape index (κ3) is 5.63. The minimum absolute atomic E-state index is 0.0561. The van der Waals surface area contributed by atoms with Gasteiger partial charge in [-0.15, -0.1) is 0 Å². The Morgan fingerprint density at radius 2 is 1.94 bits per heavy atom. The lowest BCUT2D eigenvalue weighted by Crippen LogP contribution is -2.38. The number of carbonyl (C=O) groups is 3. The van der Waals surface area contributed by atoms with Crippen molar-refractivity contribution in [3.05, 3.63) is 58.1 Å². The molecule has 2 aromatic rings. The van der Waals surface area contributed by atoms with Crippen molar-refractivity contribution in [2.24, 2.45) is 5.92 Å². The first-order valence-electron chi connectivity index (χ1n) is 9.36. The van der Waals surface area contributed by atoms with Crippen LogP contribution in [0.5, 0.6) is 0 Å². The number of anilines is 2. The molecule has 3 amide bonds. The highest BCUT2D eigenvalue weighted by molar-refractivity contribution is 9.10. The lowest BCUT2D eigenvalue weighted by molar-refractivity contribution is -0.137. The molecule has 0 aliphatic carbocycles. The molecule has 10 heteroatoms. The van der Waals surface area contributed by atoms with Crippen molar-refractivity contribution >= 4 is 45.0 Å². The van der Waals surface area contributed by atoms with Gasteiger partial charge in [0.2, 0.25) is 17.7 Å². The Labute approximate surface area is 184 Å². The second-order valence-corrected chi connectivity index (χ2v) is 8.09. The molecule has 2 aromatic carbocycles. The minimum atomic E-state index is -4.53. The number of carbonyl (C=O) groups excluding carboxylic acids is 3. The van der Waals surface area contributed by atoms with Gasteiger partial charge < -0.3 is 15.5 Å². The molecule has 1 heterocycles. The predicted octanol–water partition coefficient (Wildman–Crippen LogP) is 3.88. The highest BCUT2D eigenvalue weighted by Crippen LogP contribution is 2.33. The van der Waals surface area contributed by atoms with Gasteiger partial charge in [0, 0.05) is 28.8 Å². The average molecular weight is 498 g/mol. The largest absolute Gasteiger partial charge is 0.416 e. The Morgan fingerprint density at radius 3 is 2.61 bits per heavy atom. The van der Waals surface area contributed by atoms with Gasteiger partial charge in [-0.1, -0.05) is 22.0 Å². The zero-order valence-electron chi connectivity index (χ0n) is 16.4. The van der Waals surface area contributed by atoms with Crippen molar-refractivity contribution in [1.82, 2.24) is 5.32 Å². The second kappa shape index (κ2) is 9.09. The molecule has 0 bridgehead atoms. The molecule has 1 aliphatic heterocycles. The average Bonchev–Trinajstić information content (AvgIpc) is 3.09. The fraction of sp³-hybridized carbons (Fsp3) is 0.286. The van der Waals surface area contributed by atoms with Crippen LogP contribution in [-0.2, 0) is 20.6 Å². The maximum atomic E-state index is 12.9. The first kappa shape index (κ1) is 22.8. The first-order chi connectivity index (χ1) is 14.5. The van der Waals surface area contributed by atoms with Crippen LogP contribution in [0.4, 0.5) is 24.5 Å². The molecule has 1 atom stereocenters. The van der Waals surface area contributed by atoms with Gasteiger partial charge in [-0.05, 0) is 48.9 Å². The topological polar surface area (TPSA) is 78.5 Å². The first-order valence-corrected chi connectivity index (χ1v) is 10.1. The molecule has 31 heavy (non-hydrogen) atoms. The maximum absolute atomic E-state index is 12.9. The Bertz CT molecular complexity index is 1030. The van der Waals surface area contributed by atoms with E-state index >= 15 is 0 Å². The van der Waals surface area contributed by atoms with Gasteiger partial charge in [-0.2, -0.15) is 13.2 Å². The number of aryl methyl sites for hydroxylation is 1. The van der Waals surface area contributed by atoms with Crippen LogP contribution in [0.1, 0.15) is 17.5 Å². The smallest absolute Gasteiger partial charge is 0.347 e. The highest BCUT2D eigenvalue weighted by Gasteiger charge is 2.37. The predicted molar refractivity (Wildman–Crippen MR) is 112 cm³/mol. The number of alkyl halides is 3. The van der Waals surface area contributed by atoms with Crippen molar-refractivity contribution in [2.75, 3.05) is 23.3 Å². The van der Waals surface area contributed by atoms with Crippen LogP contribution >= 0.6 is 15.9 Å². The molecule has 2 N–H and O–H groups in total. The van der Waals surface area contributed by atoms with Gasteiger partial charge >= 0.3 is 6.18 Å². The summed E-state index contributed by atoms with van der Waals surface area (Å²) in [5.74, 6) is -2.15. The molecular formula is C21H19BrF3N3O3.